The van der Waals surface area contributed by atoms with Gasteiger partial charge in [-0.15, -0.1) is 0 Å². The highest BCUT2D eigenvalue weighted by atomic mass is 35.5. The predicted molar refractivity (Wildman–Crippen MR) is 96.7 cm³/mol. The van der Waals surface area contributed by atoms with Crippen LogP contribution in [0.2, 0.25) is 5.02 Å². The van der Waals surface area contributed by atoms with Gasteiger partial charge >= 0.3 is 0 Å². The molecule has 0 aliphatic carbocycles. The Labute approximate surface area is 147 Å². The van der Waals surface area contributed by atoms with Gasteiger partial charge in [0.15, 0.2) is 5.05 Å². The van der Waals surface area contributed by atoms with Gasteiger partial charge in [-0.3, -0.25) is 4.79 Å². The molecule has 0 bridgehead atoms. The number of rotatable bonds is 8. The quantitative estimate of drug-likeness (QED) is 0.506. The van der Waals surface area contributed by atoms with E-state index in [2.05, 4.69) is 12.2 Å². The summed E-state index contributed by atoms with van der Waals surface area (Å²) in [6.07, 6.45) is 3.43. The van der Waals surface area contributed by atoms with Crippen LogP contribution in [0.3, 0.4) is 0 Å². The molecule has 1 rings (SSSR count). The number of anilines is 1. The summed E-state index contributed by atoms with van der Waals surface area (Å²) in [5, 5.41) is 3.24. The minimum absolute atomic E-state index is 0.0283. The molecule has 1 N–H and O–H groups in total. The fourth-order valence-electron chi connectivity index (χ4n) is 2.03. The molecule has 0 aliphatic heterocycles. The number of nitrogens with one attached hydrogen (secondary N) is 1. The molecule has 0 aliphatic rings. The molecule has 0 aromatic heterocycles. The molecule has 1 aromatic rings. The first-order valence-corrected chi connectivity index (χ1v) is 8.59. The van der Waals surface area contributed by atoms with Crippen LogP contribution in [-0.2, 0) is 16.0 Å². The van der Waals surface area contributed by atoms with Crippen molar-refractivity contribution in [3.05, 3.63) is 28.5 Å². The van der Waals surface area contributed by atoms with Crippen LogP contribution in [0, 0.1) is 5.82 Å². The number of hydrogen-bond acceptors (Lipinski definition) is 3. The van der Waals surface area contributed by atoms with Crippen molar-refractivity contribution in [3.8, 4) is 0 Å². The van der Waals surface area contributed by atoms with Crippen molar-refractivity contribution < 1.29 is 13.9 Å². The Morgan fingerprint density at radius 1 is 1.39 bits per heavy atom. The van der Waals surface area contributed by atoms with Crippen molar-refractivity contribution >= 4 is 40.5 Å². The molecule has 0 saturated heterocycles. The summed E-state index contributed by atoms with van der Waals surface area (Å²) in [5.41, 5.74) is 0.751. The highest BCUT2D eigenvalue weighted by molar-refractivity contribution is 7.80. The van der Waals surface area contributed by atoms with Crippen LogP contribution in [0.5, 0.6) is 0 Å². The second kappa shape index (κ2) is 9.83. The molecule has 0 spiro atoms. The summed E-state index contributed by atoms with van der Waals surface area (Å²) >= 11 is 11.2. The van der Waals surface area contributed by atoms with E-state index in [-0.39, 0.29) is 22.7 Å². The molecular weight excluding hydrogens is 337 g/mol. The van der Waals surface area contributed by atoms with Crippen LogP contribution >= 0.6 is 23.8 Å². The van der Waals surface area contributed by atoms with Crippen molar-refractivity contribution in [2.45, 2.75) is 59.0 Å². The lowest BCUT2D eigenvalue weighted by atomic mass is 10.1. The number of carbonyl (C=O) groups excluding carboxylic acids is 1. The number of halogens is 2. The molecule has 0 radical (unpaired) electrons. The highest BCUT2D eigenvalue weighted by Gasteiger charge is 2.13. The number of hydrogen-bond donors (Lipinski definition) is 1. The van der Waals surface area contributed by atoms with Gasteiger partial charge in [0.05, 0.1) is 11.8 Å². The molecular formula is C17H23ClFNO2S. The third kappa shape index (κ3) is 7.27. The normalized spacial score (nSPS) is 10.7. The number of carbonyl (C=O) groups is 1. The third-order valence-electron chi connectivity index (χ3n) is 3.12. The maximum Gasteiger partial charge on any atom is 0.224 e. The van der Waals surface area contributed by atoms with E-state index in [9.17, 15) is 9.18 Å². The number of ether oxygens (including phenoxy) is 1. The van der Waals surface area contributed by atoms with Crippen LogP contribution in [0.4, 0.5) is 10.1 Å². The lowest BCUT2D eigenvalue weighted by molar-refractivity contribution is -0.116. The van der Waals surface area contributed by atoms with Crippen LogP contribution in [0.1, 0.15) is 52.0 Å². The highest BCUT2D eigenvalue weighted by Crippen LogP contribution is 2.25. The molecule has 0 heterocycles. The molecule has 0 fully saturated rings. The molecule has 0 unspecified atom stereocenters. The van der Waals surface area contributed by atoms with E-state index in [1.807, 2.05) is 13.8 Å². The van der Waals surface area contributed by atoms with Crippen molar-refractivity contribution in [2.24, 2.45) is 0 Å². The summed E-state index contributed by atoms with van der Waals surface area (Å²) in [6.45, 7) is 5.81. The Bertz CT molecular complexity index is 564. The van der Waals surface area contributed by atoms with Gasteiger partial charge in [-0.2, -0.15) is 0 Å². The Morgan fingerprint density at radius 3 is 2.70 bits per heavy atom. The Hall–Kier alpha value is -1.20. The van der Waals surface area contributed by atoms with Gasteiger partial charge in [0.2, 0.25) is 5.91 Å². The zero-order valence-electron chi connectivity index (χ0n) is 13.7. The SMILES string of the molecule is CCCCCC(=O)Nc1cc(CC(=S)OC(C)C)c(Cl)cc1F. The molecule has 23 heavy (non-hydrogen) atoms. The van der Waals surface area contributed by atoms with Gasteiger partial charge in [-0.25, -0.2) is 4.39 Å². The summed E-state index contributed by atoms with van der Waals surface area (Å²) in [5.74, 6) is -0.759. The smallest absolute Gasteiger partial charge is 0.224 e. The van der Waals surface area contributed by atoms with E-state index in [1.165, 1.54) is 12.1 Å². The maximum absolute atomic E-state index is 14.0. The first kappa shape index (κ1) is 19.8. The molecule has 1 amide bonds. The average Bonchev–Trinajstić information content (AvgIpc) is 2.43. The number of amides is 1. The van der Waals surface area contributed by atoms with Gasteiger partial charge < -0.3 is 10.1 Å². The molecule has 3 nitrogen and oxygen atoms in total. The van der Waals surface area contributed by atoms with Gasteiger partial charge in [0, 0.05) is 17.9 Å². The Balaban J connectivity index is 2.79. The Morgan fingerprint density at radius 2 is 2.09 bits per heavy atom. The van der Waals surface area contributed by atoms with E-state index in [4.69, 9.17) is 28.6 Å². The number of benzene rings is 1. The second-order valence-corrected chi connectivity index (χ2v) is 6.51. The first-order valence-electron chi connectivity index (χ1n) is 7.80. The van der Waals surface area contributed by atoms with E-state index in [1.54, 1.807) is 0 Å². The van der Waals surface area contributed by atoms with Gasteiger partial charge in [0.1, 0.15) is 5.82 Å². The number of unbranched alkanes of at least 4 members (excludes halogenated alkanes) is 2. The fourth-order valence-corrected chi connectivity index (χ4v) is 2.60. The standard InChI is InChI=1S/C17H23ClFNO2S/c1-4-5-6-7-16(21)20-15-8-12(13(18)10-14(15)19)9-17(23)22-11(2)3/h8,10-11H,4-7,9H2,1-3H3,(H,20,21). The van der Waals surface area contributed by atoms with Crippen molar-refractivity contribution in [1.82, 2.24) is 0 Å². The Kier molecular flexibility index (Phi) is 8.48. The monoisotopic (exact) mass is 359 g/mol. The molecule has 128 valence electrons. The van der Waals surface area contributed by atoms with E-state index < -0.39 is 5.82 Å². The molecule has 0 saturated carbocycles. The van der Waals surface area contributed by atoms with Crippen molar-refractivity contribution in [3.63, 3.8) is 0 Å². The molecule has 0 atom stereocenters. The van der Waals surface area contributed by atoms with Crippen molar-refractivity contribution in [2.75, 3.05) is 5.32 Å². The van der Waals surface area contributed by atoms with Crippen LogP contribution in [-0.4, -0.2) is 17.1 Å². The summed E-state index contributed by atoms with van der Waals surface area (Å²) in [7, 11) is 0. The maximum atomic E-state index is 14.0. The van der Waals surface area contributed by atoms with E-state index >= 15 is 0 Å². The van der Waals surface area contributed by atoms with Gasteiger partial charge in [-0.1, -0.05) is 31.4 Å². The van der Waals surface area contributed by atoms with Gasteiger partial charge in [-0.05, 0) is 50.2 Å². The van der Waals surface area contributed by atoms with E-state index in [0.29, 0.717) is 23.5 Å². The number of thiocarbonyl (C=S) groups is 1. The van der Waals surface area contributed by atoms with Crippen LogP contribution in [0.15, 0.2) is 12.1 Å². The van der Waals surface area contributed by atoms with Crippen LogP contribution < -0.4 is 5.32 Å². The zero-order chi connectivity index (χ0) is 17.4. The fraction of sp³-hybridized carbons (Fsp3) is 0.529. The summed E-state index contributed by atoms with van der Waals surface area (Å²) in [4.78, 5) is 11.8. The average molecular weight is 360 g/mol. The van der Waals surface area contributed by atoms with Gasteiger partial charge in [0.25, 0.3) is 0 Å². The summed E-state index contributed by atoms with van der Waals surface area (Å²) in [6, 6.07) is 2.71. The lowest BCUT2D eigenvalue weighted by Crippen LogP contribution is -2.14. The topological polar surface area (TPSA) is 38.3 Å². The van der Waals surface area contributed by atoms with E-state index in [0.717, 1.165) is 19.3 Å². The second-order valence-electron chi connectivity index (χ2n) is 5.64. The first-order chi connectivity index (χ1) is 10.8. The molecule has 6 heteroatoms. The van der Waals surface area contributed by atoms with Crippen LogP contribution in [0.25, 0.3) is 0 Å². The summed E-state index contributed by atoms with van der Waals surface area (Å²) < 4.78 is 19.4. The largest absolute Gasteiger partial charge is 0.484 e. The zero-order valence-corrected chi connectivity index (χ0v) is 15.3. The van der Waals surface area contributed by atoms with Crippen molar-refractivity contribution in [1.29, 1.82) is 0 Å². The minimum Gasteiger partial charge on any atom is -0.484 e. The minimum atomic E-state index is -0.557. The lowest BCUT2D eigenvalue weighted by Gasteiger charge is -2.13. The third-order valence-corrected chi connectivity index (χ3v) is 3.71. The molecule has 1 aromatic carbocycles. The predicted octanol–water partition coefficient (Wildman–Crippen LogP) is 5.29.